The van der Waals surface area contributed by atoms with E-state index in [0.717, 1.165) is 30.7 Å². The normalized spacial score (nSPS) is 16.2. The van der Waals surface area contributed by atoms with E-state index < -0.39 is 41.0 Å². The van der Waals surface area contributed by atoms with E-state index in [1.807, 2.05) is 60.7 Å². The summed E-state index contributed by atoms with van der Waals surface area (Å²) in [6, 6.07) is 19.4. The van der Waals surface area contributed by atoms with Crippen LogP contribution in [0, 0.1) is 0 Å². The van der Waals surface area contributed by atoms with Gasteiger partial charge in [-0.3, -0.25) is 9.69 Å². The second-order valence-corrected chi connectivity index (χ2v) is 9.81. The Kier molecular flexibility index (Phi) is 11.1. The number of hydrogen-bond donors (Lipinski definition) is 0. The van der Waals surface area contributed by atoms with Gasteiger partial charge in [-0.1, -0.05) is 48.5 Å². The third-order valence-electron chi connectivity index (χ3n) is 6.86. The number of amides is 1. The number of unbranched alkanes of at least 4 members (excludes halogenated alkanes) is 1. The largest absolute Gasteiger partial charge is 0.494 e. The van der Waals surface area contributed by atoms with Crippen molar-refractivity contribution in [3.63, 3.8) is 0 Å². The highest BCUT2D eigenvalue weighted by atomic mass is 35.5. The molecule has 1 aliphatic rings. The molecule has 3 aromatic rings. The standard InChI is InChI=1S/C30H30F6N2O2.ClH/c31-29(32,33)24-18-23(19-25(20-24)30(34,35)36)28(39)38-15-14-37(21-26(38)17-22-9-3-1-4-10-22)13-7-8-16-40-27-11-5-2-6-12-27;/h1-6,9-12,18-20,26H,7-8,13-17,21H2;1H/t26-;/m1./s1. The van der Waals surface area contributed by atoms with Crippen molar-refractivity contribution in [1.82, 2.24) is 9.80 Å². The molecule has 222 valence electrons. The average molecular weight is 601 g/mol. The van der Waals surface area contributed by atoms with Gasteiger partial charge in [-0.15, -0.1) is 12.4 Å². The summed E-state index contributed by atoms with van der Waals surface area (Å²) < 4.78 is 86.2. The van der Waals surface area contributed by atoms with Crippen LogP contribution in [0.2, 0.25) is 0 Å². The molecule has 1 atom stereocenters. The zero-order valence-corrected chi connectivity index (χ0v) is 22.9. The van der Waals surface area contributed by atoms with Crippen LogP contribution in [0.5, 0.6) is 5.75 Å². The van der Waals surface area contributed by atoms with Crippen molar-refractivity contribution in [3.05, 3.63) is 101 Å². The van der Waals surface area contributed by atoms with Gasteiger partial charge in [-0.05, 0) is 61.7 Å². The van der Waals surface area contributed by atoms with E-state index in [2.05, 4.69) is 4.90 Å². The monoisotopic (exact) mass is 600 g/mol. The van der Waals surface area contributed by atoms with Gasteiger partial charge >= 0.3 is 12.4 Å². The fourth-order valence-electron chi connectivity index (χ4n) is 4.84. The molecule has 0 N–H and O–H groups in total. The van der Waals surface area contributed by atoms with Crippen LogP contribution in [0.15, 0.2) is 78.9 Å². The van der Waals surface area contributed by atoms with Gasteiger partial charge < -0.3 is 9.64 Å². The van der Waals surface area contributed by atoms with Crippen LogP contribution in [-0.2, 0) is 18.8 Å². The summed E-state index contributed by atoms with van der Waals surface area (Å²) in [5, 5.41) is 0. The Morgan fingerprint density at radius 2 is 1.39 bits per heavy atom. The van der Waals surface area contributed by atoms with Crippen molar-refractivity contribution in [2.45, 2.75) is 37.7 Å². The molecular weight excluding hydrogens is 570 g/mol. The Balaban J connectivity index is 0.00000462. The van der Waals surface area contributed by atoms with Gasteiger partial charge in [0, 0.05) is 31.2 Å². The molecule has 0 unspecified atom stereocenters. The summed E-state index contributed by atoms with van der Waals surface area (Å²) in [7, 11) is 0. The molecular formula is C30H31ClF6N2O2. The second kappa shape index (κ2) is 14.1. The van der Waals surface area contributed by atoms with Crippen LogP contribution in [-0.4, -0.2) is 54.5 Å². The lowest BCUT2D eigenvalue weighted by atomic mass is 9.99. The first kappa shape index (κ1) is 32.3. The quantitative estimate of drug-likeness (QED) is 0.190. The summed E-state index contributed by atoms with van der Waals surface area (Å²) >= 11 is 0. The lowest BCUT2D eigenvalue weighted by Gasteiger charge is -2.42. The topological polar surface area (TPSA) is 32.8 Å². The number of rotatable bonds is 9. The molecule has 3 aromatic carbocycles. The van der Waals surface area contributed by atoms with Gasteiger partial charge in [0.1, 0.15) is 5.75 Å². The number of nitrogens with zero attached hydrogens (tertiary/aromatic N) is 2. The maximum Gasteiger partial charge on any atom is 0.416 e. The molecule has 11 heteroatoms. The molecule has 0 bridgehead atoms. The molecule has 1 amide bonds. The molecule has 0 spiro atoms. The van der Waals surface area contributed by atoms with Gasteiger partial charge in [-0.25, -0.2) is 0 Å². The minimum absolute atomic E-state index is 0. The molecule has 1 saturated heterocycles. The van der Waals surface area contributed by atoms with Crippen molar-refractivity contribution in [3.8, 4) is 5.75 Å². The predicted octanol–water partition coefficient (Wildman–Crippen LogP) is 7.37. The zero-order chi connectivity index (χ0) is 28.8. The number of para-hydroxylation sites is 1. The molecule has 0 aromatic heterocycles. The number of ether oxygens (including phenoxy) is 1. The summed E-state index contributed by atoms with van der Waals surface area (Å²) in [5.74, 6) is -0.0470. The lowest BCUT2D eigenvalue weighted by Crippen LogP contribution is -2.56. The number of carbonyl (C=O) groups excluding carboxylic acids is 1. The van der Waals surface area contributed by atoms with Crippen molar-refractivity contribution >= 4 is 18.3 Å². The Bertz CT molecular complexity index is 1220. The third kappa shape index (κ3) is 9.13. The molecule has 0 aliphatic carbocycles. The molecule has 1 aliphatic heterocycles. The Morgan fingerprint density at radius 1 is 0.805 bits per heavy atom. The van der Waals surface area contributed by atoms with Crippen molar-refractivity contribution in [2.24, 2.45) is 0 Å². The van der Waals surface area contributed by atoms with Crippen LogP contribution >= 0.6 is 12.4 Å². The first-order chi connectivity index (χ1) is 19.0. The fourth-order valence-corrected chi connectivity index (χ4v) is 4.84. The molecule has 4 nitrogen and oxygen atoms in total. The van der Waals surface area contributed by atoms with E-state index in [1.54, 1.807) is 0 Å². The van der Waals surface area contributed by atoms with Crippen LogP contribution < -0.4 is 4.74 Å². The average Bonchev–Trinajstić information content (AvgIpc) is 2.92. The molecule has 0 radical (unpaired) electrons. The number of halogens is 7. The van der Waals surface area contributed by atoms with Gasteiger partial charge in [0.05, 0.1) is 17.7 Å². The van der Waals surface area contributed by atoms with E-state index in [9.17, 15) is 31.1 Å². The van der Waals surface area contributed by atoms with E-state index in [4.69, 9.17) is 4.74 Å². The number of carbonyl (C=O) groups is 1. The number of hydrogen-bond acceptors (Lipinski definition) is 3. The first-order valence-corrected chi connectivity index (χ1v) is 13.1. The molecule has 41 heavy (non-hydrogen) atoms. The number of alkyl halides is 6. The van der Waals surface area contributed by atoms with Gasteiger partial charge in [0.25, 0.3) is 5.91 Å². The number of piperazine rings is 1. The predicted molar refractivity (Wildman–Crippen MR) is 146 cm³/mol. The molecule has 4 rings (SSSR count). The van der Waals surface area contributed by atoms with Gasteiger partial charge in [0.2, 0.25) is 0 Å². The van der Waals surface area contributed by atoms with E-state index in [-0.39, 0.29) is 25.0 Å². The van der Waals surface area contributed by atoms with Gasteiger partial charge in [0.15, 0.2) is 0 Å². The maximum absolute atomic E-state index is 13.5. The molecule has 1 fully saturated rings. The summed E-state index contributed by atoms with van der Waals surface area (Å²) in [4.78, 5) is 17.0. The van der Waals surface area contributed by atoms with Crippen molar-refractivity contribution in [2.75, 3.05) is 32.8 Å². The minimum atomic E-state index is -5.03. The van der Waals surface area contributed by atoms with E-state index in [1.165, 1.54) is 4.90 Å². The number of benzene rings is 3. The van der Waals surface area contributed by atoms with Crippen LogP contribution in [0.1, 0.15) is 39.9 Å². The SMILES string of the molecule is Cl.O=C(c1cc(C(F)(F)F)cc(C(F)(F)F)c1)N1CCN(CCCCOc2ccccc2)C[C@H]1Cc1ccccc1. The highest BCUT2D eigenvalue weighted by Gasteiger charge is 2.39. The summed E-state index contributed by atoms with van der Waals surface area (Å²) in [5.41, 5.74) is -2.70. The van der Waals surface area contributed by atoms with Crippen molar-refractivity contribution in [1.29, 1.82) is 0 Å². The van der Waals surface area contributed by atoms with Gasteiger partial charge in [-0.2, -0.15) is 26.3 Å². The van der Waals surface area contributed by atoms with Crippen LogP contribution in [0.3, 0.4) is 0 Å². The Labute approximate surface area is 241 Å². The maximum atomic E-state index is 13.5. The lowest BCUT2D eigenvalue weighted by molar-refractivity contribution is -0.143. The summed E-state index contributed by atoms with van der Waals surface area (Å²) in [6.07, 6.45) is -7.99. The van der Waals surface area contributed by atoms with E-state index >= 15 is 0 Å². The molecule has 0 saturated carbocycles. The summed E-state index contributed by atoms with van der Waals surface area (Å²) in [6.45, 7) is 2.38. The van der Waals surface area contributed by atoms with Crippen LogP contribution in [0.4, 0.5) is 26.3 Å². The third-order valence-corrected chi connectivity index (χ3v) is 6.86. The van der Waals surface area contributed by atoms with Crippen molar-refractivity contribution < 1.29 is 35.9 Å². The Hall–Kier alpha value is -3.24. The second-order valence-electron chi connectivity index (χ2n) is 9.81. The minimum Gasteiger partial charge on any atom is -0.494 e. The first-order valence-electron chi connectivity index (χ1n) is 13.1. The van der Waals surface area contributed by atoms with E-state index in [0.29, 0.717) is 38.2 Å². The highest BCUT2D eigenvalue weighted by molar-refractivity contribution is 5.95. The molecule has 1 heterocycles. The van der Waals surface area contributed by atoms with Crippen LogP contribution in [0.25, 0.3) is 0 Å². The highest BCUT2D eigenvalue weighted by Crippen LogP contribution is 2.37. The zero-order valence-electron chi connectivity index (χ0n) is 22.1. The smallest absolute Gasteiger partial charge is 0.416 e. The fraction of sp³-hybridized carbons (Fsp3) is 0.367. The Morgan fingerprint density at radius 3 is 1.98 bits per heavy atom.